The zero-order valence-corrected chi connectivity index (χ0v) is 29.4. The number of unbranched alkanes of at least 4 members (excludes halogenated alkanes) is 1. The van der Waals surface area contributed by atoms with Crippen molar-refractivity contribution in [3.63, 3.8) is 0 Å². The molecule has 9 atom stereocenters. The van der Waals surface area contributed by atoms with E-state index < -0.39 is 12.6 Å². The van der Waals surface area contributed by atoms with Crippen LogP contribution in [0.15, 0.2) is 48.1 Å². The van der Waals surface area contributed by atoms with Gasteiger partial charge in [-0.2, -0.15) is 10.8 Å². The number of halogens is 1. The fraction of sp³-hybridized carbons (Fsp3) is 0.647. The normalized spacial score (nSPS) is 30.6. The maximum absolute atomic E-state index is 14.0. The molecule has 2 aliphatic carbocycles. The number of benzene rings is 1. The van der Waals surface area contributed by atoms with Gasteiger partial charge in [-0.25, -0.2) is 0 Å². The third kappa shape index (κ3) is 9.68. The average molecular weight is 778 g/mol. The number of aliphatic hydroxyl groups is 1. The summed E-state index contributed by atoms with van der Waals surface area (Å²) >= 11 is 0. The molecular formula is C34H53FN2NpO2-2. The van der Waals surface area contributed by atoms with Crippen molar-refractivity contribution in [3.05, 3.63) is 67.1 Å². The number of likely N-dealkylation sites (N-methyl/N-ethyl adjacent to an activating group) is 1. The molecule has 2 N–H and O–H groups in total. The van der Waals surface area contributed by atoms with Crippen molar-refractivity contribution in [2.45, 2.75) is 97.2 Å². The van der Waals surface area contributed by atoms with Gasteiger partial charge >= 0.3 is 0 Å². The number of nitrogens with zero attached hydrogens (tertiary/aromatic N) is 1. The first-order valence-electron chi connectivity index (χ1n) is 15.0. The Hall–Kier alpha value is -0.677. The van der Waals surface area contributed by atoms with Crippen LogP contribution in [0.25, 0.3) is 0 Å². The minimum atomic E-state index is -1.47. The van der Waals surface area contributed by atoms with Gasteiger partial charge in [0.2, 0.25) is 0 Å². The Kier molecular flexibility index (Phi) is 14.9. The molecule has 0 saturated heterocycles. The molecule has 1 saturated carbocycles. The van der Waals surface area contributed by atoms with E-state index in [1.807, 2.05) is 31.1 Å². The molecule has 0 aliphatic heterocycles. The maximum Gasteiger partial charge on any atom is 0.259 e. The van der Waals surface area contributed by atoms with E-state index in [2.05, 4.69) is 64.3 Å². The van der Waals surface area contributed by atoms with Gasteiger partial charge < -0.3 is 22.1 Å². The number of alkyl halides is 1. The van der Waals surface area contributed by atoms with Gasteiger partial charge in [-0.3, -0.25) is 11.4 Å². The van der Waals surface area contributed by atoms with Crippen LogP contribution >= 0.6 is 0 Å². The first kappa shape index (κ1) is 35.5. The standard InChI is InChI=1S/C34H53FN2O2.Np/c1-9-10-11-27-20-28(26-12-15-30(16-13-26)39-33(35)22(2)3)18-23(4)25(6)32(27)21-36-29-14-17-31(24(5)19-29)34(38)37(7)8;/h12-13,15-17,21,23-25,27-29,32-34,36,38H,1-2,9-11,14,18-20H2,3-8H3;/q-2;/t23?,24?,25-,27?,28?,29?,32?,33?,34?;/m0./s1. The van der Waals surface area contributed by atoms with Crippen LogP contribution in [0.2, 0.25) is 0 Å². The Morgan fingerprint density at radius 3 is 2.45 bits per heavy atom. The van der Waals surface area contributed by atoms with Crippen LogP contribution in [0, 0.1) is 73.0 Å². The van der Waals surface area contributed by atoms with E-state index in [-0.39, 0.29) is 29.9 Å². The number of nitrogens with one attached hydrogen (secondary N) is 1. The summed E-state index contributed by atoms with van der Waals surface area (Å²) in [6.07, 6.45) is 7.85. The van der Waals surface area contributed by atoms with Crippen LogP contribution in [-0.4, -0.2) is 42.7 Å². The van der Waals surface area contributed by atoms with Crippen molar-refractivity contribution in [3.8, 4) is 5.75 Å². The molecule has 4 nitrogen and oxygen atoms in total. The first-order chi connectivity index (χ1) is 18.5. The molecule has 6 heteroatoms. The smallest absolute Gasteiger partial charge is 0.259 e. The molecule has 1 fully saturated rings. The minimum absolute atomic E-state index is 0. The van der Waals surface area contributed by atoms with E-state index in [9.17, 15) is 9.50 Å². The third-order valence-electron chi connectivity index (χ3n) is 9.25. The first-order valence-corrected chi connectivity index (χ1v) is 15.0. The van der Waals surface area contributed by atoms with Crippen LogP contribution in [0.4, 0.5) is 4.39 Å². The number of rotatable bonds is 12. The van der Waals surface area contributed by atoms with Crippen LogP contribution in [0.5, 0.6) is 5.75 Å². The fourth-order valence-corrected chi connectivity index (χ4v) is 6.59. The van der Waals surface area contributed by atoms with E-state index in [0.29, 0.717) is 52.9 Å². The second-order valence-corrected chi connectivity index (χ2v) is 12.6. The minimum Gasteiger partial charge on any atom is -0.467 e. The van der Waals surface area contributed by atoms with Crippen molar-refractivity contribution in [2.75, 3.05) is 14.1 Å². The topological polar surface area (TPSA) is 44.7 Å². The molecule has 40 heavy (non-hydrogen) atoms. The van der Waals surface area contributed by atoms with Crippen molar-refractivity contribution >= 4 is 0 Å². The number of ether oxygens (including phenoxy) is 1. The third-order valence-corrected chi connectivity index (χ3v) is 9.25. The van der Waals surface area contributed by atoms with E-state index >= 15 is 0 Å². The molecule has 3 rings (SSSR count). The molecule has 225 valence electrons. The summed E-state index contributed by atoms with van der Waals surface area (Å²) in [5.41, 5.74) is 2.84. The van der Waals surface area contributed by atoms with Crippen LogP contribution in [-0.2, 0) is 0 Å². The van der Waals surface area contributed by atoms with E-state index in [1.165, 1.54) is 12.0 Å². The molecule has 0 aromatic heterocycles. The predicted octanol–water partition coefficient (Wildman–Crippen LogP) is 7.68. The van der Waals surface area contributed by atoms with Crippen LogP contribution in [0.3, 0.4) is 0 Å². The van der Waals surface area contributed by atoms with Crippen LogP contribution < -0.4 is 10.1 Å². The van der Waals surface area contributed by atoms with Gasteiger partial charge in [0.05, 0.1) is 0 Å². The largest absolute Gasteiger partial charge is 0.467 e. The van der Waals surface area contributed by atoms with Crippen molar-refractivity contribution in [1.29, 1.82) is 0 Å². The van der Waals surface area contributed by atoms with Crippen molar-refractivity contribution in [2.24, 2.45) is 29.6 Å². The molecule has 1 radical (unpaired) electrons. The second-order valence-electron chi connectivity index (χ2n) is 12.6. The van der Waals surface area contributed by atoms with E-state index in [4.69, 9.17) is 4.74 Å². The van der Waals surface area contributed by atoms with Gasteiger partial charge in [0.25, 0.3) is 6.36 Å². The van der Waals surface area contributed by atoms with E-state index in [1.54, 1.807) is 6.92 Å². The summed E-state index contributed by atoms with van der Waals surface area (Å²) in [5.74, 6) is 3.62. The van der Waals surface area contributed by atoms with Crippen LogP contribution in [0.1, 0.15) is 84.1 Å². The molecule has 2 aliphatic rings. The summed E-state index contributed by atoms with van der Waals surface area (Å²) in [6, 6.07) is 8.45. The molecule has 1 aromatic rings. The number of hydrogen-bond acceptors (Lipinski definition) is 4. The fourth-order valence-electron chi connectivity index (χ4n) is 6.59. The Bertz CT molecular complexity index is 936. The number of aliphatic hydroxyl groups excluding tert-OH is 1. The zero-order valence-electron chi connectivity index (χ0n) is 25.7. The molecule has 8 unspecified atom stereocenters. The van der Waals surface area contributed by atoms with Crippen molar-refractivity contribution in [1.82, 2.24) is 10.2 Å². The summed E-state index contributed by atoms with van der Waals surface area (Å²) in [6.45, 7) is 18.9. The Balaban J connectivity index is 0.00000560. The maximum atomic E-state index is 14.0. The summed E-state index contributed by atoms with van der Waals surface area (Å²) in [7, 11) is 3.85. The number of hydrogen-bond donors (Lipinski definition) is 2. The Morgan fingerprint density at radius 1 is 1.20 bits per heavy atom. The van der Waals surface area contributed by atoms with Gasteiger partial charge in [0, 0.05) is 29.9 Å². The predicted molar refractivity (Wildman–Crippen MR) is 161 cm³/mol. The Labute approximate surface area is 266 Å². The van der Waals surface area contributed by atoms with E-state index in [0.717, 1.165) is 44.1 Å². The molecule has 0 heterocycles. The van der Waals surface area contributed by atoms with Gasteiger partial charge in [-0.1, -0.05) is 70.2 Å². The second kappa shape index (κ2) is 16.8. The zero-order chi connectivity index (χ0) is 28.7. The summed E-state index contributed by atoms with van der Waals surface area (Å²) < 4.78 is 19.4. The molecule has 1 aromatic carbocycles. The quantitative estimate of drug-likeness (QED) is 0.0991. The van der Waals surface area contributed by atoms with Gasteiger partial charge in [-0.15, -0.1) is 5.92 Å². The average Bonchev–Trinajstić information content (AvgIpc) is 3.01. The Morgan fingerprint density at radius 2 is 1.88 bits per heavy atom. The molecule has 0 spiro atoms. The van der Waals surface area contributed by atoms with Gasteiger partial charge in [-0.05, 0) is 99.3 Å². The van der Waals surface area contributed by atoms with Gasteiger partial charge in [0.1, 0.15) is 12.0 Å². The summed E-state index contributed by atoms with van der Waals surface area (Å²) in [4.78, 5) is 1.88. The summed E-state index contributed by atoms with van der Waals surface area (Å²) in [5, 5.41) is 14.4. The molecule has 0 amide bonds. The van der Waals surface area contributed by atoms with Gasteiger partial charge in [0.15, 0.2) is 0 Å². The molecular weight excluding hydrogens is 724 g/mol. The monoisotopic (exact) mass is 776 g/mol. The molecule has 0 bridgehead atoms. The SMILES string of the molecule is C=C(C)C(F)Oc1ccc(C2CC(CCC[CH2-])C([CH-]NC3CC=C(C(O)N(C)C)C(C)C3)[C@@H](C)C(C)C2)cc1.[Np]. The van der Waals surface area contributed by atoms with Crippen molar-refractivity contribution < 1.29 is 44.2 Å².